The molecule has 0 saturated heterocycles. The molecule has 0 aromatic heterocycles. The maximum absolute atomic E-state index is 11.9. The molecule has 2 atom stereocenters. The van der Waals surface area contributed by atoms with Crippen LogP contribution in [0.25, 0.3) is 0 Å². The number of ether oxygens (including phenoxy) is 2. The van der Waals surface area contributed by atoms with Crippen LogP contribution in [0.1, 0.15) is 54.4 Å². The molecule has 0 saturated carbocycles. The Balaban J connectivity index is 5.10. The Morgan fingerprint density at radius 2 is 1.83 bits per heavy atom. The summed E-state index contributed by atoms with van der Waals surface area (Å²) in [5.74, 6) is -0.562. The molecule has 0 rings (SSSR count). The average Bonchev–Trinajstić information content (AvgIpc) is 2.32. The number of hydrogen-bond donors (Lipinski definition) is 1. The number of nitro groups is 1. The fourth-order valence-corrected chi connectivity index (χ4v) is 2.03. The molecular formula is C15H28N2O6. The molecule has 0 aromatic rings. The van der Waals surface area contributed by atoms with E-state index < -0.39 is 41.1 Å². The molecule has 0 spiro atoms. The number of nitrogens with one attached hydrogen (secondary N) is 1. The van der Waals surface area contributed by atoms with Crippen molar-refractivity contribution in [2.24, 2.45) is 5.92 Å². The van der Waals surface area contributed by atoms with E-state index in [1.54, 1.807) is 27.7 Å². The maximum Gasteiger partial charge on any atom is 0.408 e. The lowest BCUT2D eigenvalue weighted by molar-refractivity contribution is -0.526. The van der Waals surface area contributed by atoms with Crippen LogP contribution in [0.15, 0.2) is 0 Å². The van der Waals surface area contributed by atoms with Gasteiger partial charge in [0.25, 0.3) is 0 Å². The summed E-state index contributed by atoms with van der Waals surface area (Å²) >= 11 is 0. The van der Waals surface area contributed by atoms with Crippen molar-refractivity contribution < 1.29 is 24.0 Å². The van der Waals surface area contributed by atoms with E-state index in [0.717, 1.165) is 0 Å². The van der Waals surface area contributed by atoms with Crippen LogP contribution in [-0.4, -0.2) is 41.3 Å². The van der Waals surface area contributed by atoms with Crippen LogP contribution < -0.4 is 5.32 Å². The molecule has 0 aliphatic carbocycles. The Hall–Kier alpha value is -1.86. The molecule has 0 aliphatic rings. The van der Waals surface area contributed by atoms with Crippen LogP contribution in [0.5, 0.6) is 0 Å². The largest absolute Gasteiger partial charge is 0.466 e. The van der Waals surface area contributed by atoms with Crippen LogP contribution in [0.2, 0.25) is 0 Å². The van der Waals surface area contributed by atoms with Gasteiger partial charge in [-0.1, -0.05) is 13.8 Å². The quantitative estimate of drug-likeness (QED) is 0.416. The first-order valence-electron chi connectivity index (χ1n) is 7.74. The van der Waals surface area contributed by atoms with E-state index in [4.69, 9.17) is 9.47 Å². The summed E-state index contributed by atoms with van der Waals surface area (Å²) in [4.78, 5) is 34.3. The monoisotopic (exact) mass is 332 g/mol. The second-order valence-corrected chi connectivity index (χ2v) is 6.74. The number of amides is 1. The molecule has 0 aromatic carbocycles. The van der Waals surface area contributed by atoms with Crippen molar-refractivity contribution in [3.05, 3.63) is 10.1 Å². The van der Waals surface area contributed by atoms with Gasteiger partial charge in [-0.25, -0.2) is 4.79 Å². The average molecular weight is 332 g/mol. The summed E-state index contributed by atoms with van der Waals surface area (Å²) in [6.45, 7) is 10.6. The second kappa shape index (κ2) is 9.32. The third kappa shape index (κ3) is 9.70. The van der Waals surface area contributed by atoms with E-state index in [1.807, 2.05) is 13.8 Å². The summed E-state index contributed by atoms with van der Waals surface area (Å²) in [6.07, 6.45) is -0.781. The molecule has 0 bridgehead atoms. The summed E-state index contributed by atoms with van der Waals surface area (Å²) in [5, 5.41) is 13.9. The smallest absolute Gasteiger partial charge is 0.408 e. The van der Waals surface area contributed by atoms with Crippen molar-refractivity contribution in [1.82, 2.24) is 5.32 Å². The van der Waals surface area contributed by atoms with Crippen LogP contribution in [0.4, 0.5) is 4.79 Å². The van der Waals surface area contributed by atoms with Gasteiger partial charge >= 0.3 is 12.1 Å². The maximum atomic E-state index is 11.9. The minimum Gasteiger partial charge on any atom is -0.466 e. The Labute approximate surface area is 137 Å². The second-order valence-electron chi connectivity index (χ2n) is 6.74. The molecular weight excluding hydrogens is 304 g/mol. The zero-order chi connectivity index (χ0) is 18.2. The standard InChI is InChI=1S/C15H28N2O6/c1-7-22-13(18)9-12(17(20)21)11(8-10(2)3)16-14(19)23-15(4,5)6/h10-12H,7-9H2,1-6H3,(H,16,19)/t11-,12+/m1/s1. The number of esters is 1. The minimum absolute atomic E-state index is 0.0968. The van der Waals surface area contributed by atoms with Crippen LogP contribution in [0.3, 0.4) is 0 Å². The van der Waals surface area contributed by atoms with Crippen molar-refractivity contribution in [2.45, 2.75) is 72.1 Å². The van der Waals surface area contributed by atoms with Crippen molar-refractivity contribution >= 4 is 12.1 Å². The molecule has 1 amide bonds. The highest BCUT2D eigenvalue weighted by Crippen LogP contribution is 2.16. The van der Waals surface area contributed by atoms with Gasteiger partial charge in [0.1, 0.15) is 18.1 Å². The van der Waals surface area contributed by atoms with Gasteiger partial charge in [0.05, 0.1) is 6.61 Å². The Kier molecular flexibility index (Phi) is 8.56. The molecule has 1 N–H and O–H groups in total. The molecule has 0 unspecified atom stereocenters. The zero-order valence-corrected chi connectivity index (χ0v) is 14.8. The van der Waals surface area contributed by atoms with Crippen molar-refractivity contribution in [3.63, 3.8) is 0 Å². The molecule has 0 aliphatic heterocycles. The summed E-state index contributed by atoms with van der Waals surface area (Å²) < 4.78 is 9.92. The number of nitrogens with zero attached hydrogens (tertiary/aromatic N) is 1. The number of carbonyl (C=O) groups excluding carboxylic acids is 2. The molecule has 8 heteroatoms. The van der Waals surface area contributed by atoms with Gasteiger partial charge in [-0.05, 0) is 40.0 Å². The van der Waals surface area contributed by atoms with Crippen molar-refractivity contribution in [2.75, 3.05) is 6.61 Å². The van der Waals surface area contributed by atoms with Gasteiger partial charge in [-0.15, -0.1) is 0 Å². The molecule has 0 radical (unpaired) electrons. The third-order valence-corrected chi connectivity index (χ3v) is 2.84. The van der Waals surface area contributed by atoms with E-state index in [-0.39, 0.29) is 12.5 Å². The van der Waals surface area contributed by atoms with E-state index in [9.17, 15) is 19.7 Å². The SMILES string of the molecule is CCOC(=O)C[C@@H]([C@@H](CC(C)C)NC(=O)OC(C)(C)C)[N+](=O)[O-]. The number of rotatable bonds is 8. The normalized spacial score (nSPS) is 14.0. The predicted octanol–water partition coefficient (Wildman–Crippen LogP) is 2.52. The van der Waals surface area contributed by atoms with Crippen molar-refractivity contribution in [1.29, 1.82) is 0 Å². The van der Waals surface area contributed by atoms with Gasteiger partial charge in [0.15, 0.2) is 0 Å². The van der Waals surface area contributed by atoms with Gasteiger partial charge < -0.3 is 14.8 Å². The Bertz CT molecular complexity index is 417. The van der Waals surface area contributed by atoms with Crippen LogP contribution >= 0.6 is 0 Å². The Morgan fingerprint density at radius 1 is 1.26 bits per heavy atom. The van der Waals surface area contributed by atoms with Crippen LogP contribution in [0, 0.1) is 16.0 Å². The molecule has 0 fully saturated rings. The first-order valence-corrected chi connectivity index (χ1v) is 7.74. The zero-order valence-electron chi connectivity index (χ0n) is 14.8. The topological polar surface area (TPSA) is 108 Å². The lowest BCUT2D eigenvalue weighted by atomic mass is 9.96. The highest BCUT2D eigenvalue weighted by Gasteiger charge is 2.36. The minimum atomic E-state index is -1.26. The first-order chi connectivity index (χ1) is 10.5. The summed E-state index contributed by atoms with van der Waals surface area (Å²) in [6, 6.07) is -2.08. The predicted molar refractivity (Wildman–Crippen MR) is 84.6 cm³/mol. The number of hydrogen-bond acceptors (Lipinski definition) is 6. The summed E-state index contributed by atoms with van der Waals surface area (Å²) in [7, 11) is 0. The van der Waals surface area contributed by atoms with Gasteiger partial charge in [0.2, 0.25) is 6.04 Å². The lowest BCUT2D eigenvalue weighted by Crippen LogP contribution is -2.49. The first kappa shape index (κ1) is 21.1. The fourth-order valence-electron chi connectivity index (χ4n) is 2.03. The van der Waals surface area contributed by atoms with E-state index in [2.05, 4.69) is 5.32 Å². The van der Waals surface area contributed by atoms with E-state index in [0.29, 0.717) is 6.42 Å². The number of alkyl carbamates (subject to hydrolysis) is 1. The van der Waals surface area contributed by atoms with Gasteiger partial charge in [-0.3, -0.25) is 14.9 Å². The highest BCUT2D eigenvalue weighted by atomic mass is 16.6. The molecule has 8 nitrogen and oxygen atoms in total. The van der Waals surface area contributed by atoms with Gasteiger partial charge in [-0.2, -0.15) is 0 Å². The van der Waals surface area contributed by atoms with E-state index >= 15 is 0 Å². The fraction of sp³-hybridized carbons (Fsp3) is 0.867. The molecule has 0 heterocycles. The Morgan fingerprint density at radius 3 is 2.22 bits per heavy atom. The molecule has 134 valence electrons. The van der Waals surface area contributed by atoms with Crippen LogP contribution in [-0.2, 0) is 14.3 Å². The third-order valence-electron chi connectivity index (χ3n) is 2.84. The van der Waals surface area contributed by atoms with Crippen molar-refractivity contribution in [3.8, 4) is 0 Å². The van der Waals surface area contributed by atoms with E-state index in [1.165, 1.54) is 0 Å². The van der Waals surface area contributed by atoms with Gasteiger partial charge in [0, 0.05) is 4.92 Å². The molecule has 23 heavy (non-hydrogen) atoms. The number of carbonyl (C=O) groups is 2. The lowest BCUT2D eigenvalue weighted by Gasteiger charge is -2.26. The highest BCUT2D eigenvalue weighted by molar-refractivity contribution is 5.71. The summed E-state index contributed by atoms with van der Waals surface area (Å²) in [5.41, 5.74) is -0.711.